The minimum Gasteiger partial charge on any atom is -0.331 e. The summed E-state index contributed by atoms with van der Waals surface area (Å²) in [4.78, 5) is 4.36. The van der Waals surface area contributed by atoms with Crippen molar-refractivity contribution in [2.24, 2.45) is 5.92 Å². The Hall–Kier alpha value is -0.830. The standard InChI is InChI=1S/C11H19N3/c1-8-9(2)14(7-13-8)11-5-4-10(11)6-12-3/h7,10-12H,4-6H2,1-3H3. The molecular weight excluding hydrogens is 174 g/mol. The summed E-state index contributed by atoms with van der Waals surface area (Å²) in [5, 5.41) is 3.26. The SMILES string of the molecule is CNCC1CCC1n1cnc(C)c1C. The third kappa shape index (κ3) is 1.46. The highest BCUT2D eigenvalue weighted by atomic mass is 15.1. The Kier molecular flexibility index (Phi) is 2.59. The zero-order valence-corrected chi connectivity index (χ0v) is 9.25. The summed E-state index contributed by atoms with van der Waals surface area (Å²) in [6, 6.07) is 0.684. The number of aromatic nitrogens is 2. The highest BCUT2D eigenvalue weighted by molar-refractivity contribution is 5.11. The molecule has 78 valence electrons. The first kappa shape index (κ1) is 9.71. The van der Waals surface area contributed by atoms with Gasteiger partial charge in [0, 0.05) is 11.7 Å². The Morgan fingerprint density at radius 1 is 1.50 bits per heavy atom. The van der Waals surface area contributed by atoms with Gasteiger partial charge in [-0.1, -0.05) is 0 Å². The van der Waals surface area contributed by atoms with E-state index in [9.17, 15) is 0 Å². The Morgan fingerprint density at radius 3 is 2.71 bits per heavy atom. The second kappa shape index (κ2) is 3.73. The molecule has 0 saturated heterocycles. The van der Waals surface area contributed by atoms with Crippen LogP contribution in [0.1, 0.15) is 30.3 Å². The third-order valence-corrected chi connectivity index (χ3v) is 3.49. The quantitative estimate of drug-likeness (QED) is 0.791. The molecule has 2 rings (SSSR count). The van der Waals surface area contributed by atoms with E-state index in [1.807, 2.05) is 13.4 Å². The second-order valence-corrected chi connectivity index (χ2v) is 4.29. The zero-order chi connectivity index (χ0) is 10.1. The minimum atomic E-state index is 0.684. The number of nitrogens with zero attached hydrogens (tertiary/aromatic N) is 2. The fraction of sp³-hybridized carbons (Fsp3) is 0.727. The van der Waals surface area contributed by atoms with Crippen molar-refractivity contribution < 1.29 is 0 Å². The van der Waals surface area contributed by atoms with Crippen LogP contribution in [0.4, 0.5) is 0 Å². The van der Waals surface area contributed by atoms with Crippen molar-refractivity contribution in [2.45, 2.75) is 32.7 Å². The van der Waals surface area contributed by atoms with Gasteiger partial charge >= 0.3 is 0 Å². The first-order valence-electron chi connectivity index (χ1n) is 5.38. The molecule has 1 heterocycles. The summed E-state index contributed by atoms with van der Waals surface area (Å²) in [7, 11) is 2.03. The van der Waals surface area contributed by atoms with Crippen LogP contribution in [0.2, 0.25) is 0 Å². The van der Waals surface area contributed by atoms with Crippen molar-refractivity contribution >= 4 is 0 Å². The van der Waals surface area contributed by atoms with Gasteiger partial charge in [0.05, 0.1) is 12.0 Å². The van der Waals surface area contributed by atoms with Crippen molar-refractivity contribution in [2.75, 3.05) is 13.6 Å². The number of aryl methyl sites for hydroxylation is 1. The Labute approximate surface area is 85.5 Å². The van der Waals surface area contributed by atoms with Crippen LogP contribution in [0, 0.1) is 19.8 Å². The van der Waals surface area contributed by atoms with E-state index in [-0.39, 0.29) is 0 Å². The van der Waals surface area contributed by atoms with Gasteiger partial charge in [0.1, 0.15) is 0 Å². The lowest BCUT2D eigenvalue weighted by atomic mass is 9.79. The van der Waals surface area contributed by atoms with Crippen LogP contribution < -0.4 is 5.32 Å². The Morgan fingerprint density at radius 2 is 2.29 bits per heavy atom. The van der Waals surface area contributed by atoms with Crippen molar-refractivity contribution in [1.82, 2.24) is 14.9 Å². The molecule has 1 saturated carbocycles. The predicted octanol–water partition coefficient (Wildman–Crippen LogP) is 1.67. The molecule has 1 N–H and O–H groups in total. The van der Waals surface area contributed by atoms with Crippen LogP contribution in [0.5, 0.6) is 0 Å². The highest BCUT2D eigenvalue weighted by Crippen LogP contribution is 2.38. The van der Waals surface area contributed by atoms with Crippen LogP contribution in [-0.4, -0.2) is 23.1 Å². The molecule has 14 heavy (non-hydrogen) atoms. The molecule has 0 aromatic carbocycles. The van der Waals surface area contributed by atoms with Gasteiger partial charge < -0.3 is 9.88 Å². The molecule has 1 fully saturated rings. The Bertz CT molecular complexity index is 316. The molecule has 1 aromatic heterocycles. The van der Waals surface area contributed by atoms with E-state index in [1.54, 1.807) is 0 Å². The largest absolute Gasteiger partial charge is 0.331 e. The lowest BCUT2D eigenvalue weighted by Gasteiger charge is -2.38. The fourth-order valence-corrected chi connectivity index (χ4v) is 2.27. The van der Waals surface area contributed by atoms with E-state index >= 15 is 0 Å². The second-order valence-electron chi connectivity index (χ2n) is 4.29. The lowest BCUT2D eigenvalue weighted by Crippen LogP contribution is -2.35. The van der Waals surface area contributed by atoms with E-state index in [1.165, 1.54) is 24.2 Å². The Balaban J connectivity index is 2.12. The number of rotatable bonds is 3. The van der Waals surface area contributed by atoms with Crippen LogP contribution in [0.3, 0.4) is 0 Å². The maximum absolute atomic E-state index is 4.36. The average Bonchev–Trinajstić information content (AvgIpc) is 2.44. The minimum absolute atomic E-state index is 0.684. The maximum Gasteiger partial charge on any atom is 0.0954 e. The molecule has 3 heteroatoms. The molecule has 0 radical (unpaired) electrons. The summed E-state index contributed by atoms with van der Waals surface area (Å²) < 4.78 is 2.35. The topological polar surface area (TPSA) is 29.9 Å². The van der Waals surface area contributed by atoms with Crippen molar-refractivity contribution in [3.63, 3.8) is 0 Å². The lowest BCUT2D eigenvalue weighted by molar-refractivity contribution is 0.178. The number of nitrogens with one attached hydrogen (secondary N) is 1. The highest BCUT2D eigenvalue weighted by Gasteiger charge is 2.32. The monoisotopic (exact) mass is 193 g/mol. The molecule has 1 aromatic rings. The number of hydrogen-bond donors (Lipinski definition) is 1. The van der Waals surface area contributed by atoms with Gasteiger partial charge in [0.2, 0.25) is 0 Å². The molecule has 2 unspecified atom stereocenters. The summed E-state index contributed by atoms with van der Waals surface area (Å²) in [6.07, 6.45) is 4.66. The molecule has 1 aliphatic rings. The smallest absolute Gasteiger partial charge is 0.0954 e. The van der Waals surface area contributed by atoms with E-state index < -0.39 is 0 Å². The van der Waals surface area contributed by atoms with E-state index in [2.05, 4.69) is 28.7 Å². The molecule has 0 spiro atoms. The molecule has 0 aliphatic heterocycles. The molecule has 1 aliphatic carbocycles. The number of hydrogen-bond acceptors (Lipinski definition) is 2. The summed E-state index contributed by atoms with van der Waals surface area (Å²) in [6.45, 7) is 5.37. The molecule has 0 amide bonds. The molecular formula is C11H19N3. The summed E-state index contributed by atoms with van der Waals surface area (Å²) >= 11 is 0. The fourth-order valence-electron chi connectivity index (χ4n) is 2.27. The van der Waals surface area contributed by atoms with Gasteiger partial charge in [-0.2, -0.15) is 0 Å². The van der Waals surface area contributed by atoms with Crippen molar-refractivity contribution in [3.8, 4) is 0 Å². The third-order valence-electron chi connectivity index (χ3n) is 3.49. The van der Waals surface area contributed by atoms with Gasteiger partial charge in [0.15, 0.2) is 0 Å². The molecule has 3 nitrogen and oxygen atoms in total. The molecule has 2 atom stereocenters. The van der Waals surface area contributed by atoms with Gasteiger partial charge in [-0.15, -0.1) is 0 Å². The van der Waals surface area contributed by atoms with Crippen molar-refractivity contribution in [3.05, 3.63) is 17.7 Å². The summed E-state index contributed by atoms with van der Waals surface area (Å²) in [5.74, 6) is 0.798. The first-order chi connectivity index (χ1) is 6.74. The summed E-state index contributed by atoms with van der Waals surface area (Å²) in [5.41, 5.74) is 2.50. The maximum atomic E-state index is 4.36. The van der Waals surface area contributed by atoms with Crippen LogP contribution >= 0.6 is 0 Å². The molecule has 0 bridgehead atoms. The zero-order valence-electron chi connectivity index (χ0n) is 9.25. The first-order valence-corrected chi connectivity index (χ1v) is 5.38. The van der Waals surface area contributed by atoms with E-state index in [0.29, 0.717) is 6.04 Å². The van der Waals surface area contributed by atoms with Crippen LogP contribution in [0.25, 0.3) is 0 Å². The van der Waals surface area contributed by atoms with Gasteiger partial charge in [-0.3, -0.25) is 0 Å². The van der Waals surface area contributed by atoms with E-state index in [4.69, 9.17) is 0 Å². The van der Waals surface area contributed by atoms with Crippen LogP contribution in [-0.2, 0) is 0 Å². The van der Waals surface area contributed by atoms with Crippen LogP contribution in [0.15, 0.2) is 6.33 Å². The van der Waals surface area contributed by atoms with Gasteiger partial charge in [-0.25, -0.2) is 4.98 Å². The predicted molar refractivity (Wildman–Crippen MR) is 57.4 cm³/mol. The normalized spacial score (nSPS) is 26.2. The van der Waals surface area contributed by atoms with Gasteiger partial charge in [0.25, 0.3) is 0 Å². The van der Waals surface area contributed by atoms with E-state index in [0.717, 1.165) is 12.5 Å². The van der Waals surface area contributed by atoms with Gasteiger partial charge in [-0.05, 0) is 46.2 Å². The average molecular weight is 193 g/mol. The number of imidazole rings is 1. The van der Waals surface area contributed by atoms with Crippen molar-refractivity contribution in [1.29, 1.82) is 0 Å².